The number of aromatic nitrogens is 1. The van der Waals surface area contributed by atoms with Crippen molar-refractivity contribution in [2.24, 2.45) is 0 Å². The summed E-state index contributed by atoms with van der Waals surface area (Å²) in [5.41, 5.74) is 1.26. The molecule has 0 bridgehead atoms. The highest BCUT2D eigenvalue weighted by Crippen LogP contribution is 2.44. The lowest BCUT2D eigenvalue weighted by atomic mass is 10.2. The number of anilines is 1. The van der Waals surface area contributed by atoms with E-state index in [2.05, 4.69) is 17.1 Å². The van der Waals surface area contributed by atoms with Crippen LogP contribution in [0.3, 0.4) is 0 Å². The molecule has 0 unspecified atom stereocenters. The number of sulfone groups is 1. The molecule has 0 aromatic carbocycles. The van der Waals surface area contributed by atoms with Crippen molar-refractivity contribution in [2.75, 3.05) is 36.0 Å². The largest absolute Gasteiger partial charge is 0.346 e. The van der Waals surface area contributed by atoms with E-state index in [1.807, 2.05) is 0 Å². The third-order valence-electron chi connectivity index (χ3n) is 4.01. The van der Waals surface area contributed by atoms with Crippen molar-refractivity contribution in [3.8, 4) is 0 Å². The van der Waals surface area contributed by atoms with Gasteiger partial charge in [-0.15, -0.1) is 11.3 Å². The molecule has 1 N–H and O–H groups in total. The zero-order chi connectivity index (χ0) is 14.9. The van der Waals surface area contributed by atoms with Crippen LogP contribution in [-0.2, 0) is 16.4 Å². The van der Waals surface area contributed by atoms with Crippen LogP contribution in [0, 0.1) is 0 Å². The van der Waals surface area contributed by atoms with Gasteiger partial charge < -0.3 is 10.2 Å². The van der Waals surface area contributed by atoms with Crippen LogP contribution in [0.2, 0.25) is 0 Å². The first-order chi connectivity index (χ1) is 10.1. The number of nitrogens with zero attached hydrogens (tertiary/aromatic N) is 2. The summed E-state index contributed by atoms with van der Waals surface area (Å²) in [6, 6.07) is 0. The summed E-state index contributed by atoms with van der Waals surface area (Å²) in [5.74, 6) is 1.16. The van der Waals surface area contributed by atoms with Gasteiger partial charge in [0.2, 0.25) is 0 Å². The van der Waals surface area contributed by atoms with E-state index in [1.54, 1.807) is 11.3 Å². The molecule has 3 rings (SSSR count). The highest BCUT2D eigenvalue weighted by atomic mass is 32.2. The first kappa shape index (κ1) is 15.2. The average Bonchev–Trinajstić information content (AvgIpc) is 3.21. The monoisotopic (exact) mass is 329 g/mol. The van der Waals surface area contributed by atoms with Crippen molar-refractivity contribution >= 4 is 26.3 Å². The minimum atomic E-state index is -2.83. The Bertz CT molecular complexity index is 579. The fourth-order valence-corrected chi connectivity index (χ4v) is 4.94. The molecule has 2 aliphatic rings. The lowest BCUT2D eigenvalue weighted by Crippen LogP contribution is -2.40. The molecule has 1 saturated heterocycles. The number of hydrogen-bond acceptors (Lipinski definition) is 6. The summed E-state index contributed by atoms with van der Waals surface area (Å²) < 4.78 is 23.1. The highest BCUT2D eigenvalue weighted by Gasteiger charge is 2.31. The molecule has 0 spiro atoms. The maximum Gasteiger partial charge on any atom is 0.185 e. The topological polar surface area (TPSA) is 62.3 Å². The van der Waals surface area contributed by atoms with E-state index in [0.717, 1.165) is 24.6 Å². The van der Waals surface area contributed by atoms with Crippen LogP contribution in [0.1, 0.15) is 42.7 Å². The van der Waals surface area contributed by atoms with Crippen LogP contribution in [0.5, 0.6) is 0 Å². The zero-order valence-corrected chi connectivity index (χ0v) is 14.1. The first-order valence-corrected chi connectivity index (χ1v) is 10.4. The van der Waals surface area contributed by atoms with Gasteiger partial charge in [0.05, 0.1) is 17.2 Å². The van der Waals surface area contributed by atoms with Crippen molar-refractivity contribution < 1.29 is 8.42 Å². The van der Waals surface area contributed by atoms with Crippen LogP contribution in [0.25, 0.3) is 0 Å². The molecule has 7 heteroatoms. The fraction of sp³-hybridized carbons (Fsp3) is 0.786. The molecule has 2 heterocycles. The minimum Gasteiger partial charge on any atom is -0.346 e. The third-order valence-corrected chi connectivity index (χ3v) is 6.75. The van der Waals surface area contributed by atoms with Crippen LogP contribution in [0.4, 0.5) is 5.13 Å². The maximum absolute atomic E-state index is 11.5. The SMILES string of the molecule is CCCNCc1sc(N2CCS(=O)(=O)CC2)nc1C1CC1. The van der Waals surface area contributed by atoms with Gasteiger partial charge in [-0.2, -0.15) is 0 Å². The Kier molecular flexibility index (Phi) is 4.51. The Morgan fingerprint density at radius 3 is 2.67 bits per heavy atom. The van der Waals surface area contributed by atoms with E-state index in [4.69, 9.17) is 4.98 Å². The lowest BCUT2D eigenvalue weighted by Gasteiger charge is -2.25. The molecule has 118 valence electrons. The fourth-order valence-electron chi connectivity index (χ4n) is 2.57. The Hall–Kier alpha value is -0.660. The first-order valence-electron chi connectivity index (χ1n) is 7.75. The van der Waals surface area contributed by atoms with E-state index >= 15 is 0 Å². The van der Waals surface area contributed by atoms with E-state index in [9.17, 15) is 8.42 Å². The van der Waals surface area contributed by atoms with E-state index in [1.165, 1.54) is 23.4 Å². The second-order valence-electron chi connectivity index (χ2n) is 5.89. The molecule has 0 radical (unpaired) electrons. The van der Waals surface area contributed by atoms with Crippen LogP contribution < -0.4 is 10.2 Å². The summed E-state index contributed by atoms with van der Waals surface area (Å²) >= 11 is 1.74. The normalized spacial score (nSPS) is 21.7. The number of thiazole rings is 1. The molecule has 0 amide bonds. The van der Waals surface area contributed by atoms with Gasteiger partial charge in [0.15, 0.2) is 15.0 Å². The molecule has 1 aromatic rings. The zero-order valence-electron chi connectivity index (χ0n) is 12.5. The predicted octanol–water partition coefficient (Wildman–Crippen LogP) is 1.75. The summed E-state index contributed by atoms with van der Waals surface area (Å²) in [4.78, 5) is 8.31. The van der Waals surface area contributed by atoms with Gasteiger partial charge in [-0.05, 0) is 25.8 Å². The molecule has 1 aliphatic heterocycles. The van der Waals surface area contributed by atoms with Gasteiger partial charge in [0.1, 0.15) is 0 Å². The van der Waals surface area contributed by atoms with E-state index in [0.29, 0.717) is 19.0 Å². The van der Waals surface area contributed by atoms with Gasteiger partial charge in [-0.25, -0.2) is 13.4 Å². The van der Waals surface area contributed by atoms with Gasteiger partial charge in [0.25, 0.3) is 0 Å². The number of hydrogen-bond donors (Lipinski definition) is 1. The standard InChI is InChI=1S/C14H23N3O2S2/c1-2-5-15-10-12-13(11-3-4-11)16-14(20-12)17-6-8-21(18,19)9-7-17/h11,15H,2-10H2,1H3. The summed E-state index contributed by atoms with van der Waals surface area (Å²) in [7, 11) is -2.83. The lowest BCUT2D eigenvalue weighted by molar-refractivity contribution is 0.586. The van der Waals surface area contributed by atoms with Crippen LogP contribution in [0.15, 0.2) is 0 Å². The summed E-state index contributed by atoms with van der Waals surface area (Å²) in [6.07, 6.45) is 3.63. The minimum absolute atomic E-state index is 0.259. The predicted molar refractivity (Wildman–Crippen MR) is 87.0 cm³/mol. The van der Waals surface area contributed by atoms with Crippen molar-refractivity contribution in [2.45, 2.75) is 38.6 Å². The van der Waals surface area contributed by atoms with Crippen molar-refractivity contribution in [1.82, 2.24) is 10.3 Å². The molecule has 21 heavy (non-hydrogen) atoms. The number of rotatable bonds is 6. The average molecular weight is 329 g/mol. The van der Waals surface area contributed by atoms with Crippen molar-refractivity contribution in [1.29, 1.82) is 0 Å². The van der Waals surface area contributed by atoms with Gasteiger partial charge in [0, 0.05) is 30.4 Å². The maximum atomic E-state index is 11.5. The quantitative estimate of drug-likeness (QED) is 0.806. The second-order valence-corrected chi connectivity index (χ2v) is 9.26. The molecule has 5 nitrogen and oxygen atoms in total. The Morgan fingerprint density at radius 1 is 1.33 bits per heavy atom. The molecule has 1 aromatic heterocycles. The third kappa shape index (κ3) is 3.76. The van der Waals surface area contributed by atoms with Crippen molar-refractivity contribution in [3.05, 3.63) is 10.6 Å². The van der Waals surface area contributed by atoms with Crippen LogP contribution in [-0.4, -0.2) is 44.5 Å². The number of nitrogens with one attached hydrogen (secondary N) is 1. The van der Waals surface area contributed by atoms with Crippen LogP contribution >= 0.6 is 11.3 Å². The molecular weight excluding hydrogens is 306 g/mol. The van der Waals surface area contributed by atoms with Gasteiger partial charge >= 0.3 is 0 Å². The smallest absolute Gasteiger partial charge is 0.185 e. The van der Waals surface area contributed by atoms with Gasteiger partial charge in [-0.3, -0.25) is 0 Å². The summed E-state index contributed by atoms with van der Waals surface area (Å²) in [5, 5.41) is 4.47. The Morgan fingerprint density at radius 2 is 2.05 bits per heavy atom. The molecule has 0 atom stereocenters. The molecule has 1 aliphatic carbocycles. The Balaban J connectivity index is 1.72. The Labute approximate surface area is 130 Å². The van der Waals surface area contributed by atoms with Crippen molar-refractivity contribution in [3.63, 3.8) is 0 Å². The van der Waals surface area contributed by atoms with Gasteiger partial charge in [-0.1, -0.05) is 6.92 Å². The van der Waals surface area contributed by atoms with E-state index in [-0.39, 0.29) is 11.5 Å². The van der Waals surface area contributed by atoms with E-state index < -0.39 is 9.84 Å². The molecule has 2 fully saturated rings. The summed E-state index contributed by atoms with van der Waals surface area (Å²) in [6.45, 7) is 5.26. The molecular formula is C14H23N3O2S2. The highest BCUT2D eigenvalue weighted by molar-refractivity contribution is 7.91. The molecule has 1 saturated carbocycles. The second kappa shape index (κ2) is 6.22.